The normalized spacial score (nSPS) is 18.6. The van der Waals surface area contributed by atoms with E-state index in [1.807, 2.05) is 6.92 Å². The second-order valence-corrected chi connectivity index (χ2v) is 8.10. The van der Waals surface area contributed by atoms with Crippen LogP contribution in [0.5, 0.6) is 0 Å². The van der Waals surface area contributed by atoms with Crippen LogP contribution in [0, 0.1) is 0 Å². The van der Waals surface area contributed by atoms with Gasteiger partial charge in [0.15, 0.2) is 0 Å². The Hall–Kier alpha value is -0.950. The number of rotatable bonds is 9. The SMILES string of the molecule is C=C(C)/C=C(C)\C=C(\C)CN1CCN(CCCCS(=O)(=O)O)C1. The van der Waals surface area contributed by atoms with Crippen molar-refractivity contribution in [3.05, 3.63) is 35.5 Å². The van der Waals surface area contributed by atoms with Gasteiger partial charge in [-0.2, -0.15) is 8.42 Å². The molecule has 0 radical (unpaired) electrons. The van der Waals surface area contributed by atoms with Crippen molar-refractivity contribution in [1.29, 1.82) is 0 Å². The third kappa shape index (κ3) is 9.71. The van der Waals surface area contributed by atoms with Gasteiger partial charge < -0.3 is 0 Å². The van der Waals surface area contributed by atoms with Crippen LogP contribution in [0.25, 0.3) is 0 Å². The van der Waals surface area contributed by atoms with Gasteiger partial charge in [0.05, 0.1) is 12.4 Å². The minimum absolute atomic E-state index is 0.138. The zero-order valence-electron chi connectivity index (χ0n) is 14.6. The molecule has 6 heteroatoms. The van der Waals surface area contributed by atoms with Crippen LogP contribution in [-0.2, 0) is 10.1 Å². The Labute approximate surface area is 141 Å². The van der Waals surface area contributed by atoms with E-state index in [1.165, 1.54) is 11.1 Å². The summed E-state index contributed by atoms with van der Waals surface area (Å²) in [4.78, 5) is 4.72. The predicted molar refractivity (Wildman–Crippen MR) is 96.0 cm³/mol. The van der Waals surface area contributed by atoms with Gasteiger partial charge in [-0.1, -0.05) is 35.5 Å². The smallest absolute Gasteiger partial charge is 0.264 e. The van der Waals surface area contributed by atoms with Crippen molar-refractivity contribution in [2.24, 2.45) is 0 Å². The Balaban J connectivity index is 2.31. The third-order valence-electron chi connectivity index (χ3n) is 3.68. The molecule has 0 aromatic rings. The first-order valence-corrected chi connectivity index (χ1v) is 9.67. The largest absolute Gasteiger partial charge is 0.289 e. The highest BCUT2D eigenvalue weighted by atomic mass is 32.2. The van der Waals surface area contributed by atoms with Gasteiger partial charge in [-0.05, 0) is 40.2 Å². The van der Waals surface area contributed by atoms with E-state index < -0.39 is 10.1 Å². The molecular formula is C17H30N2O3S. The van der Waals surface area contributed by atoms with Gasteiger partial charge >= 0.3 is 0 Å². The van der Waals surface area contributed by atoms with E-state index in [4.69, 9.17) is 4.55 Å². The van der Waals surface area contributed by atoms with Crippen molar-refractivity contribution in [1.82, 2.24) is 9.80 Å². The predicted octanol–water partition coefficient (Wildman–Crippen LogP) is 2.70. The molecule has 0 amide bonds. The third-order valence-corrected chi connectivity index (χ3v) is 4.48. The van der Waals surface area contributed by atoms with Gasteiger partial charge in [0.25, 0.3) is 10.1 Å². The summed E-state index contributed by atoms with van der Waals surface area (Å²) in [5.41, 5.74) is 3.60. The van der Waals surface area contributed by atoms with E-state index in [0.29, 0.717) is 6.42 Å². The van der Waals surface area contributed by atoms with E-state index in [9.17, 15) is 8.42 Å². The number of hydrogen-bond donors (Lipinski definition) is 1. The number of hydrogen-bond acceptors (Lipinski definition) is 4. The summed E-state index contributed by atoms with van der Waals surface area (Å²) in [6, 6.07) is 0. The second-order valence-electron chi connectivity index (χ2n) is 6.53. The molecule has 1 saturated heterocycles. The van der Waals surface area contributed by atoms with Crippen LogP contribution in [0.2, 0.25) is 0 Å². The molecule has 1 aliphatic rings. The molecular weight excluding hydrogens is 312 g/mol. The Morgan fingerprint density at radius 3 is 2.39 bits per heavy atom. The molecule has 5 nitrogen and oxygen atoms in total. The first-order chi connectivity index (χ1) is 10.7. The summed E-state index contributed by atoms with van der Waals surface area (Å²) >= 11 is 0. The number of allylic oxidation sites excluding steroid dienone is 4. The molecule has 0 spiro atoms. The van der Waals surface area contributed by atoms with Crippen LogP contribution < -0.4 is 0 Å². The van der Waals surface area contributed by atoms with E-state index in [1.54, 1.807) is 0 Å². The fourth-order valence-corrected chi connectivity index (χ4v) is 3.42. The van der Waals surface area contributed by atoms with E-state index >= 15 is 0 Å². The summed E-state index contributed by atoms with van der Waals surface area (Å²) in [7, 11) is -3.81. The molecule has 132 valence electrons. The molecule has 1 fully saturated rings. The molecule has 0 atom stereocenters. The zero-order chi connectivity index (χ0) is 17.5. The van der Waals surface area contributed by atoms with Crippen LogP contribution in [0.15, 0.2) is 35.5 Å². The lowest BCUT2D eigenvalue weighted by Gasteiger charge is -2.18. The van der Waals surface area contributed by atoms with Crippen LogP contribution in [0.1, 0.15) is 33.6 Å². The molecule has 0 aromatic heterocycles. The fraction of sp³-hybridized carbons (Fsp3) is 0.647. The Kier molecular flexibility index (Phi) is 8.19. The minimum atomic E-state index is -3.81. The molecule has 23 heavy (non-hydrogen) atoms. The highest BCUT2D eigenvalue weighted by Crippen LogP contribution is 2.11. The molecule has 0 aliphatic carbocycles. The lowest BCUT2D eigenvalue weighted by Crippen LogP contribution is -2.27. The molecule has 1 N–H and O–H groups in total. The van der Waals surface area contributed by atoms with Gasteiger partial charge in [0, 0.05) is 19.6 Å². The minimum Gasteiger partial charge on any atom is -0.289 e. The maximum Gasteiger partial charge on any atom is 0.264 e. The molecule has 0 bridgehead atoms. The van der Waals surface area contributed by atoms with Crippen LogP contribution >= 0.6 is 0 Å². The molecule has 0 saturated carbocycles. The van der Waals surface area contributed by atoms with Crippen molar-refractivity contribution in [3.8, 4) is 0 Å². The second kappa shape index (κ2) is 9.37. The monoisotopic (exact) mass is 342 g/mol. The van der Waals surface area contributed by atoms with Crippen LogP contribution in [0.3, 0.4) is 0 Å². The lowest BCUT2D eigenvalue weighted by atomic mass is 10.1. The highest BCUT2D eigenvalue weighted by Gasteiger charge is 2.19. The lowest BCUT2D eigenvalue weighted by molar-refractivity contribution is 0.255. The summed E-state index contributed by atoms with van der Waals surface area (Å²) in [6.07, 6.45) is 5.58. The standard InChI is InChI=1S/C17H30N2O3S/c1-15(2)11-16(3)12-17(4)13-19-9-8-18(14-19)7-5-6-10-23(20,21)22/h11-12H,1,5-10,13-14H2,2-4H3,(H,20,21,22)/b16-11-,17-12-. The molecule has 1 rings (SSSR count). The Morgan fingerprint density at radius 2 is 1.78 bits per heavy atom. The maximum atomic E-state index is 10.7. The summed E-state index contributed by atoms with van der Waals surface area (Å²) in [5, 5.41) is 0. The van der Waals surface area contributed by atoms with Crippen molar-refractivity contribution in [3.63, 3.8) is 0 Å². The van der Waals surface area contributed by atoms with Gasteiger partial charge in [-0.15, -0.1) is 0 Å². The molecule has 0 unspecified atom stereocenters. The van der Waals surface area contributed by atoms with Gasteiger partial charge in [0.2, 0.25) is 0 Å². The Bertz CT molecular complexity index is 564. The highest BCUT2D eigenvalue weighted by molar-refractivity contribution is 7.85. The first kappa shape index (κ1) is 20.1. The first-order valence-electron chi connectivity index (χ1n) is 8.06. The van der Waals surface area contributed by atoms with Crippen LogP contribution in [-0.4, -0.2) is 61.4 Å². The van der Waals surface area contributed by atoms with E-state index in [0.717, 1.165) is 44.8 Å². The van der Waals surface area contributed by atoms with Crippen molar-refractivity contribution in [2.75, 3.05) is 38.6 Å². The summed E-state index contributed by atoms with van der Waals surface area (Å²) in [5.74, 6) is -0.138. The quantitative estimate of drug-likeness (QED) is 0.397. The maximum absolute atomic E-state index is 10.7. The van der Waals surface area contributed by atoms with Gasteiger partial charge in [-0.25, -0.2) is 0 Å². The van der Waals surface area contributed by atoms with Gasteiger partial charge in [0.1, 0.15) is 0 Å². The van der Waals surface area contributed by atoms with E-state index in [2.05, 4.69) is 42.4 Å². The Morgan fingerprint density at radius 1 is 1.13 bits per heavy atom. The van der Waals surface area contributed by atoms with E-state index in [-0.39, 0.29) is 5.75 Å². The van der Waals surface area contributed by atoms with Crippen molar-refractivity contribution >= 4 is 10.1 Å². The number of nitrogens with zero attached hydrogens (tertiary/aromatic N) is 2. The summed E-state index contributed by atoms with van der Waals surface area (Å²) < 4.78 is 30.1. The van der Waals surface area contributed by atoms with Crippen molar-refractivity contribution < 1.29 is 13.0 Å². The molecule has 0 aromatic carbocycles. The van der Waals surface area contributed by atoms with Crippen LogP contribution in [0.4, 0.5) is 0 Å². The molecule has 1 heterocycles. The fourth-order valence-electron chi connectivity index (χ4n) is 2.86. The zero-order valence-corrected chi connectivity index (χ0v) is 15.4. The topological polar surface area (TPSA) is 60.9 Å². The van der Waals surface area contributed by atoms with Crippen molar-refractivity contribution in [2.45, 2.75) is 33.6 Å². The average molecular weight is 343 g/mol. The average Bonchev–Trinajstić information content (AvgIpc) is 2.79. The van der Waals surface area contributed by atoms with Gasteiger partial charge in [-0.3, -0.25) is 14.4 Å². The summed E-state index contributed by atoms with van der Waals surface area (Å²) in [6.45, 7) is 14.9. The molecule has 1 aliphatic heterocycles. The number of unbranched alkanes of at least 4 members (excludes halogenated alkanes) is 1.